The van der Waals surface area contributed by atoms with Crippen molar-refractivity contribution in [2.45, 2.75) is 0 Å². The number of hydrogen-bond acceptors (Lipinski definition) is 3. The van der Waals surface area contributed by atoms with Crippen molar-refractivity contribution in [3.05, 3.63) is 45.9 Å². The highest BCUT2D eigenvalue weighted by Gasteiger charge is 2.31. The number of carbonyl (C=O) groups is 1. The Labute approximate surface area is 118 Å². The first-order valence-electron chi connectivity index (χ1n) is 5.91. The van der Waals surface area contributed by atoms with E-state index in [4.69, 9.17) is 4.52 Å². The first-order chi connectivity index (χ1) is 9.18. The molecule has 0 fully saturated rings. The SMILES string of the molecule is Bc1cc(Br)c2c3c(onc13)-c1ccccc1C2=O. The lowest BCUT2D eigenvalue weighted by molar-refractivity contribution is 0.103. The summed E-state index contributed by atoms with van der Waals surface area (Å²) >= 11 is 3.48. The van der Waals surface area contributed by atoms with Crippen LogP contribution >= 0.6 is 15.9 Å². The third-order valence-corrected chi connectivity index (χ3v) is 4.17. The first kappa shape index (κ1) is 11.0. The van der Waals surface area contributed by atoms with E-state index in [1.165, 1.54) is 0 Å². The predicted molar refractivity (Wildman–Crippen MR) is 78.8 cm³/mol. The molecule has 0 unspecified atom stereocenters. The van der Waals surface area contributed by atoms with Gasteiger partial charge in [0.25, 0.3) is 0 Å². The van der Waals surface area contributed by atoms with Gasteiger partial charge in [-0.3, -0.25) is 4.79 Å². The molecular weight excluding hydrogens is 305 g/mol. The van der Waals surface area contributed by atoms with Gasteiger partial charge >= 0.3 is 0 Å². The van der Waals surface area contributed by atoms with Crippen LogP contribution in [-0.4, -0.2) is 18.8 Å². The molecule has 0 atom stereocenters. The van der Waals surface area contributed by atoms with E-state index >= 15 is 0 Å². The molecule has 0 spiro atoms. The topological polar surface area (TPSA) is 43.1 Å². The number of halogens is 1. The van der Waals surface area contributed by atoms with Gasteiger partial charge in [0.15, 0.2) is 11.5 Å². The van der Waals surface area contributed by atoms with Crippen molar-refractivity contribution in [1.82, 2.24) is 5.16 Å². The van der Waals surface area contributed by atoms with Gasteiger partial charge in [-0.05, 0) is 0 Å². The fourth-order valence-corrected chi connectivity index (χ4v) is 3.38. The van der Waals surface area contributed by atoms with Crippen LogP contribution in [0.1, 0.15) is 15.9 Å². The van der Waals surface area contributed by atoms with Crippen molar-refractivity contribution in [3.63, 3.8) is 0 Å². The smallest absolute Gasteiger partial charge is 0.195 e. The Balaban J connectivity index is 2.28. The fraction of sp³-hybridized carbons (Fsp3) is 0. The van der Waals surface area contributed by atoms with Crippen LogP contribution in [0, 0.1) is 0 Å². The van der Waals surface area contributed by atoms with Crippen LogP contribution in [0.3, 0.4) is 0 Å². The average molecular weight is 312 g/mol. The Bertz CT molecular complexity index is 869. The zero-order valence-corrected chi connectivity index (χ0v) is 11.6. The molecule has 5 heteroatoms. The van der Waals surface area contributed by atoms with E-state index in [0.29, 0.717) is 16.9 Å². The average Bonchev–Trinajstić information content (AvgIpc) is 2.83. The molecule has 19 heavy (non-hydrogen) atoms. The number of ketones is 1. The second-order valence-corrected chi connectivity index (χ2v) is 5.51. The molecule has 0 saturated heterocycles. The van der Waals surface area contributed by atoms with Gasteiger partial charge in [0, 0.05) is 15.6 Å². The van der Waals surface area contributed by atoms with Crippen LogP contribution in [-0.2, 0) is 0 Å². The molecule has 1 heterocycles. The Hall–Kier alpha value is -1.88. The highest BCUT2D eigenvalue weighted by molar-refractivity contribution is 9.10. The van der Waals surface area contributed by atoms with Crippen molar-refractivity contribution in [1.29, 1.82) is 0 Å². The maximum Gasteiger partial charge on any atom is 0.195 e. The van der Waals surface area contributed by atoms with E-state index in [9.17, 15) is 4.79 Å². The van der Waals surface area contributed by atoms with Gasteiger partial charge < -0.3 is 4.52 Å². The van der Waals surface area contributed by atoms with Crippen molar-refractivity contribution < 1.29 is 9.32 Å². The molecule has 4 rings (SSSR count). The van der Waals surface area contributed by atoms with Gasteiger partial charge in [-0.25, -0.2) is 0 Å². The summed E-state index contributed by atoms with van der Waals surface area (Å²) in [6.07, 6.45) is 0. The number of benzene rings is 2. The standard InChI is InChI=1S/C14H7BBrNO2/c15-8-5-9(16)10-11-12(8)17-19-14(11)7-4-2-1-3-6(7)13(10)18/h1-5H,15H2. The molecule has 2 aromatic carbocycles. The van der Waals surface area contributed by atoms with Gasteiger partial charge in [0.1, 0.15) is 13.4 Å². The normalized spacial score (nSPS) is 12.8. The monoisotopic (exact) mass is 311 g/mol. The third kappa shape index (κ3) is 1.28. The Morgan fingerprint density at radius 2 is 1.95 bits per heavy atom. The minimum Gasteiger partial charge on any atom is -0.355 e. The van der Waals surface area contributed by atoms with E-state index in [0.717, 1.165) is 26.4 Å². The number of nitrogens with zero attached hydrogens (tertiary/aromatic N) is 1. The van der Waals surface area contributed by atoms with Crippen LogP contribution < -0.4 is 5.46 Å². The summed E-state index contributed by atoms with van der Waals surface area (Å²) in [7, 11) is 1.96. The second kappa shape index (κ2) is 3.57. The molecule has 0 bridgehead atoms. The number of fused-ring (bicyclic) bond motifs is 2. The zero-order valence-electron chi connectivity index (χ0n) is 10.0. The second-order valence-electron chi connectivity index (χ2n) is 4.66. The molecule has 3 nitrogen and oxygen atoms in total. The maximum atomic E-state index is 12.6. The molecule has 0 aliphatic heterocycles. The van der Waals surface area contributed by atoms with Crippen molar-refractivity contribution in [3.8, 4) is 11.3 Å². The van der Waals surface area contributed by atoms with Crippen LogP contribution in [0.5, 0.6) is 0 Å². The fourth-order valence-electron chi connectivity index (χ4n) is 2.66. The quantitative estimate of drug-likeness (QED) is 0.467. The lowest BCUT2D eigenvalue weighted by Gasteiger charge is -2.15. The summed E-state index contributed by atoms with van der Waals surface area (Å²) in [6.45, 7) is 0. The molecule has 0 saturated carbocycles. The molecule has 3 aromatic rings. The van der Waals surface area contributed by atoms with E-state index in [1.54, 1.807) is 0 Å². The van der Waals surface area contributed by atoms with Crippen molar-refractivity contribution in [2.24, 2.45) is 0 Å². The van der Waals surface area contributed by atoms with Crippen molar-refractivity contribution in [2.75, 3.05) is 0 Å². The van der Waals surface area contributed by atoms with Gasteiger partial charge in [-0.2, -0.15) is 0 Å². The Morgan fingerprint density at radius 3 is 2.74 bits per heavy atom. The van der Waals surface area contributed by atoms with E-state index < -0.39 is 0 Å². The minimum absolute atomic E-state index is 0.0168. The van der Waals surface area contributed by atoms with Gasteiger partial charge in [-0.15, -0.1) is 0 Å². The summed E-state index contributed by atoms with van der Waals surface area (Å²) < 4.78 is 6.28. The molecule has 1 aliphatic rings. The largest absolute Gasteiger partial charge is 0.355 e. The number of carbonyl (C=O) groups excluding carboxylic acids is 1. The third-order valence-electron chi connectivity index (χ3n) is 3.54. The molecule has 1 aromatic heterocycles. The molecule has 0 amide bonds. The molecule has 0 radical (unpaired) electrons. The van der Waals surface area contributed by atoms with Crippen LogP contribution in [0.2, 0.25) is 0 Å². The molecule has 1 aliphatic carbocycles. The molecule has 0 N–H and O–H groups in total. The van der Waals surface area contributed by atoms with E-state index in [-0.39, 0.29) is 5.78 Å². The first-order valence-corrected chi connectivity index (χ1v) is 6.70. The Morgan fingerprint density at radius 1 is 1.21 bits per heavy atom. The van der Waals surface area contributed by atoms with Gasteiger partial charge in [-0.1, -0.05) is 56.9 Å². The highest BCUT2D eigenvalue weighted by Crippen LogP contribution is 2.41. The van der Waals surface area contributed by atoms with Crippen LogP contribution in [0.25, 0.3) is 22.2 Å². The lowest BCUT2D eigenvalue weighted by Crippen LogP contribution is -2.13. The summed E-state index contributed by atoms with van der Waals surface area (Å²) in [5, 5.41) is 4.93. The molecular formula is C14H7BBrNO2. The van der Waals surface area contributed by atoms with Gasteiger partial charge in [0.05, 0.1) is 10.9 Å². The summed E-state index contributed by atoms with van der Waals surface area (Å²) in [5.41, 5.74) is 3.89. The van der Waals surface area contributed by atoms with E-state index in [2.05, 4.69) is 21.1 Å². The van der Waals surface area contributed by atoms with E-state index in [1.807, 2.05) is 38.2 Å². The van der Waals surface area contributed by atoms with Crippen molar-refractivity contribution >= 4 is 45.9 Å². The molecule has 90 valence electrons. The zero-order chi connectivity index (χ0) is 13.1. The predicted octanol–water partition coefficient (Wildman–Crippen LogP) is 2.06. The highest BCUT2D eigenvalue weighted by atomic mass is 79.9. The minimum atomic E-state index is 0.0168. The van der Waals surface area contributed by atoms with Crippen LogP contribution in [0.4, 0.5) is 0 Å². The Kier molecular flexibility index (Phi) is 2.07. The lowest BCUT2D eigenvalue weighted by atomic mass is 9.84. The summed E-state index contributed by atoms with van der Waals surface area (Å²) in [5.74, 6) is 0.702. The van der Waals surface area contributed by atoms with Gasteiger partial charge in [0.2, 0.25) is 0 Å². The summed E-state index contributed by atoms with van der Waals surface area (Å²) in [6, 6.07) is 9.39. The number of hydrogen-bond donors (Lipinski definition) is 0. The number of rotatable bonds is 0. The summed E-state index contributed by atoms with van der Waals surface area (Å²) in [4.78, 5) is 12.6. The maximum absolute atomic E-state index is 12.6. The van der Waals surface area contributed by atoms with Crippen LogP contribution in [0.15, 0.2) is 39.3 Å². The number of aromatic nitrogens is 1.